The SMILES string of the molecule is O=C(CSC1=NC2(CCCC2)N=C1c1cccs1)Nc1cc(F)ccc1F. The molecule has 2 heterocycles. The van der Waals surface area contributed by atoms with Gasteiger partial charge in [0, 0.05) is 6.07 Å². The lowest BCUT2D eigenvalue weighted by Gasteiger charge is -2.14. The average Bonchev–Trinajstić information content (AvgIpc) is 3.38. The quantitative estimate of drug-likeness (QED) is 0.789. The minimum atomic E-state index is -0.668. The van der Waals surface area contributed by atoms with Crippen molar-refractivity contribution in [3.05, 3.63) is 52.2 Å². The van der Waals surface area contributed by atoms with Crippen LogP contribution in [0.5, 0.6) is 0 Å². The van der Waals surface area contributed by atoms with E-state index in [-0.39, 0.29) is 17.1 Å². The van der Waals surface area contributed by atoms with Crippen molar-refractivity contribution in [2.45, 2.75) is 31.3 Å². The fourth-order valence-electron chi connectivity index (χ4n) is 3.28. The Morgan fingerprint density at radius 3 is 2.78 bits per heavy atom. The number of carbonyl (C=O) groups excluding carboxylic acids is 1. The van der Waals surface area contributed by atoms with Crippen molar-refractivity contribution in [1.29, 1.82) is 0 Å². The molecule has 4 nitrogen and oxygen atoms in total. The van der Waals surface area contributed by atoms with Crippen LogP contribution in [0, 0.1) is 11.6 Å². The highest BCUT2D eigenvalue weighted by Gasteiger charge is 2.39. The van der Waals surface area contributed by atoms with Gasteiger partial charge in [-0.25, -0.2) is 13.8 Å². The summed E-state index contributed by atoms with van der Waals surface area (Å²) >= 11 is 2.88. The van der Waals surface area contributed by atoms with Crippen LogP contribution in [0.1, 0.15) is 30.6 Å². The number of thiophene rings is 1. The molecule has 0 bridgehead atoms. The number of nitrogens with one attached hydrogen (secondary N) is 1. The minimum absolute atomic E-state index is 0.0509. The van der Waals surface area contributed by atoms with Gasteiger partial charge in [-0.1, -0.05) is 17.8 Å². The van der Waals surface area contributed by atoms with Crippen molar-refractivity contribution < 1.29 is 13.6 Å². The standard InChI is InChI=1S/C19H17F2N3OS2/c20-12-5-6-13(21)14(10-12)22-16(25)11-27-18-17(15-4-3-9-26-15)23-19(24-18)7-1-2-8-19/h3-6,9-10H,1-2,7-8,11H2,(H,22,25). The minimum Gasteiger partial charge on any atom is -0.323 e. The summed E-state index contributed by atoms with van der Waals surface area (Å²) in [7, 11) is 0. The number of hydrogen-bond acceptors (Lipinski definition) is 5. The Hall–Kier alpha value is -2.06. The topological polar surface area (TPSA) is 53.8 Å². The molecule has 27 heavy (non-hydrogen) atoms. The molecule has 1 spiro atoms. The Kier molecular flexibility index (Phi) is 5.10. The van der Waals surface area contributed by atoms with Crippen LogP contribution in [0.15, 0.2) is 45.7 Å². The number of amides is 1. The lowest BCUT2D eigenvalue weighted by Crippen LogP contribution is -2.18. The van der Waals surface area contributed by atoms with Crippen molar-refractivity contribution in [2.24, 2.45) is 9.98 Å². The number of carbonyl (C=O) groups is 1. The zero-order chi connectivity index (χ0) is 18.9. The lowest BCUT2D eigenvalue weighted by molar-refractivity contribution is -0.113. The van der Waals surface area contributed by atoms with E-state index in [0.717, 1.165) is 59.5 Å². The Morgan fingerprint density at radius 2 is 2.04 bits per heavy atom. The van der Waals surface area contributed by atoms with Gasteiger partial charge < -0.3 is 5.32 Å². The number of rotatable bonds is 4. The Balaban J connectivity index is 1.47. The number of thioether (sulfide) groups is 1. The van der Waals surface area contributed by atoms with Gasteiger partial charge in [-0.05, 0) is 49.3 Å². The second-order valence-corrected chi connectivity index (χ2v) is 8.42. The number of hydrogen-bond donors (Lipinski definition) is 1. The second kappa shape index (κ2) is 7.52. The largest absolute Gasteiger partial charge is 0.323 e. The molecular formula is C19H17F2N3OS2. The van der Waals surface area contributed by atoms with E-state index in [4.69, 9.17) is 9.98 Å². The summed E-state index contributed by atoms with van der Waals surface area (Å²) < 4.78 is 26.9. The first-order valence-corrected chi connectivity index (χ1v) is 10.5. The second-order valence-electron chi connectivity index (χ2n) is 6.51. The molecule has 1 aromatic carbocycles. The fourth-order valence-corrected chi connectivity index (χ4v) is 4.92. The van der Waals surface area contributed by atoms with Gasteiger partial charge in [-0.15, -0.1) is 11.3 Å². The smallest absolute Gasteiger partial charge is 0.234 e. The molecule has 0 atom stereocenters. The van der Waals surface area contributed by atoms with Crippen molar-refractivity contribution in [2.75, 3.05) is 11.1 Å². The van der Waals surface area contributed by atoms with Gasteiger partial charge in [0.05, 0.1) is 16.3 Å². The highest BCUT2D eigenvalue weighted by atomic mass is 32.2. The van der Waals surface area contributed by atoms with Crippen LogP contribution < -0.4 is 5.32 Å². The molecule has 1 aromatic heterocycles. The lowest BCUT2D eigenvalue weighted by atomic mass is 10.1. The molecule has 140 valence electrons. The molecule has 1 aliphatic carbocycles. The summed E-state index contributed by atoms with van der Waals surface area (Å²) in [5, 5.41) is 5.15. The molecule has 2 aromatic rings. The molecular weight excluding hydrogens is 388 g/mol. The molecule has 0 saturated heterocycles. The number of halogens is 2. The van der Waals surface area contributed by atoms with Crippen LogP contribution >= 0.6 is 23.1 Å². The third-order valence-corrected chi connectivity index (χ3v) is 6.37. The van der Waals surface area contributed by atoms with Gasteiger partial charge in [0.1, 0.15) is 22.4 Å². The summed E-state index contributed by atoms with van der Waals surface area (Å²) in [6.07, 6.45) is 4.04. The van der Waals surface area contributed by atoms with Gasteiger partial charge in [0.25, 0.3) is 0 Å². The molecule has 1 aliphatic heterocycles. The van der Waals surface area contributed by atoms with E-state index >= 15 is 0 Å². The predicted octanol–water partition coefficient (Wildman–Crippen LogP) is 4.87. The summed E-state index contributed by atoms with van der Waals surface area (Å²) in [4.78, 5) is 23.0. The van der Waals surface area contributed by atoms with E-state index in [1.165, 1.54) is 11.8 Å². The summed E-state index contributed by atoms with van der Waals surface area (Å²) in [5.74, 6) is -1.63. The molecule has 2 aliphatic rings. The number of benzene rings is 1. The Morgan fingerprint density at radius 1 is 1.22 bits per heavy atom. The molecule has 1 amide bonds. The maximum atomic E-state index is 13.7. The van der Waals surface area contributed by atoms with Crippen LogP contribution in [-0.4, -0.2) is 28.1 Å². The molecule has 0 radical (unpaired) electrons. The molecule has 8 heteroatoms. The monoisotopic (exact) mass is 405 g/mol. The van der Waals surface area contributed by atoms with Gasteiger partial charge in [-0.2, -0.15) is 0 Å². The normalized spacial score (nSPS) is 17.9. The van der Waals surface area contributed by atoms with Crippen LogP contribution in [-0.2, 0) is 4.79 Å². The van der Waals surface area contributed by atoms with Gasteiger partial charge in [0.2, 0.25) is 5.91 Å². The van der Waals surface area contributed by atoms with E-state index in [0.29, 0.717) is 0 Å². The van der Waals surface area contributed by atoms with Crippen LogP contribution in [0.3, 0.4) is 0 Å². The van der Waals surface area contributed by atoms with Crippen molar-refractivity contribution in [3.63, 3.8) is 0 Å². The molecule has 1 fully saturated rings. The molecule has 4 rings (SSSR count). The zero-order valence-corrected chi connectivity index (χ0v) is 16.0. The van der Waals surface area contributed by atoms with Gasteiger partial charge in [0.15, 0.2) is 5.66 Å². The zero-order valence-electron chi connectivity index (χ0n) is 14.4. The van der Waals surface area contributed by atoms with Crippen LogP contribution in [0.25, 0.3) is 0 Å². The highest BCUT2D eigenvalue weighted by molar-refractivity contribution is 8.16. The first-order chi connectivity index (χ1) is 13.0. The number of nitrogens with zero attached hydrogens (tertiary/aromatic N) is 2. The molecule has 0 unspecified atom stereocenters. The van der Waals surface area contributed by atoms with Crippen LogP contribution in [0.2, 0.25) is 0 Å². The molecule has 1 saturated carbocycles. The van der Waals surface area contributed by atoms with E-state index in [1.54, 1.807) is 11.3 Å². The fraction of sp³-hybridized carbons (Fsp3) is 0.316. The van der Waals surface area contributed by atoms with Crippen molar-refractivity contribution in [3.8, 4) is 0 Å². The van der Waals surface area contributed by atoms with E-state index in [1.807, 2.05) is 17.5 Å². The van der Waals surface area contributed by atoms with E-state index < -0.39 is 17.5 Å². The molecule has 1 N–H and O–H groups in total. The highest BCUT2D eigenvalue weighted by Crippen LogP contribution is 2.40. The van der Waals surface area contributed by atoms with Crippen molar-refractivity contribution >= 4 is 45.4 Å². The van der Waals surface area contributed by atoms with Crippen molar-refractivity contribution in [1.82, 2.24) is 0 Å². The van der Waals surface area contributed by atoms with E-state index in [2.05, 4.69) is 5.32 Å². The van der Waals surface area contributed by atoms with Crippen LogP contribution in [0.4, 0.5) is 14.5 Å². The van der Waals surface area contributed by atoms with E-state index in [9.17, 15) is 13.6 Å². The van der Waals surface area contributed by atoms with Gasteiger partial charge >= 0.3 is 0 Å². The Bertz CT molecular complexity index is 919. The summed E-state index contributed by atoms with van der Waals surface area (Å²) in [5.41, 5.74) is 0.294. The third-order valence-electron chi connectivity index (χ3n) is 4.53. The maximum absolute atomic E-state index is 13.7. The average molecular weight is 405 g/mol. The maximum Gasteiger partial charge on any atom is 0.234 e. The third kappa shape index (κ3) is 3.96. The summed E-state index contributed by atoms with van der Waals surface area (Å²) in [6, 6.07) is 6.93. The van der Waals surface area contributed by atoms with Gasteiger partial charge in [-0.3, -0.25) is 9.79 Å². The number of anilines is 1. The Labute approximate surface area is 163 Å². The summed E-state index contributed by atoms with van der Waals surface area (Å²) in [6.45, 7) is 0. The number of aliphatic imine (C=N–C) groups is 2. The first-order valence-electron chi connectivity index (χ1n) is 8.66. The first kappa shape index (κ1) is 18.3. The predicted molar refractivity (Wildman–Crippen MR) is 107 cm³/mol.